The first kappa shape index (κ1) is 18.9. The molecular formula is C14H19ClN4OS2. The first-order valence-corrected chi connectivity index (χ1v) is 8.43. The number of hydrogen-bond donors (Lipinski definition) is 2. The minimum absolute atomic E-state index is 0. The van der Waals surface area contributed by atoms with Crippen LogP contribution < -0.4 is 11.1 Å². The topological polar surface area (TPSA) is 80.9 Å². The minimum atomic E-state index is -0.533. The Bertz CT molecular complexity index is 592. The van der Waals surface area contributed by atoms with Crippen molar-refractivity contribution >= 4 is 46.5 Å². The van der Waals surface area contributed by atoms with Gasteiger partial charge in [-0.15, -0.1) is 22.6 Å². The third kappa shape index (κ3) is 5.57. The van der Waals surface area contributed by atoms with Crippen LogP contribution in [-0.2, 0) is 10.5 Å². The Balaban J connectivity index is 0.00000242. The molecule has 0 aliphatic carbocycles. The molecule has 0 fully saturated rings. The molecule has 0 saturated carbocycles. The number of carbonyl (C=O) groups excluding carboxylic acids is 1. The molecule has 0 saturated heterocycles. The van der Waals surface area contributed by atoms with E-state index >= 15 is 0 Å². The van der Waals surface area contributed by atoms with Crippen molar-refractivity contribution in [3.8, 4) is 0 Å². The van der Waals surface area contributed by atoms with Gasteiger partial charge in [-0.1, -0.05) is 67.3 Å². The van der Waals surface area contributed by atoms with Crippen LogP contribution >= 0.6 is 35.5 Å². The molecule has 1 aromatic heterocycles. The van der Waals surface area contributed by atoms with Crippen molar-refractivity contribution in [2.24, 2.45) is 11.7 Å². The van der Waals surface area contributed by atoms with Crippen LogP contribution in [0, 0.1) is 5.92 Å². The summed E-state index contributed by atoms with van der Waals surface area (Å²) in [6, 6.07) is 9.61. The monoisotopic (exact) mass is 358 g/mol. The molecule has 5 nitrogen and oxygen atoms in total. The molecule has 2 aromatic rings. The number of benzene rings is 1. The summed E-state index contributed by atoms with van der Waals surface area (Å²) in [5.41, 5.74) is 7.02. The maximum atomic E-state index is 11.8. The van der Waals surface area contributed by atoms with Gasteiger partial charge in [0.15, 0.2) is 4.34 Å². The molecule has 120 valence electrons. The van der Waals surface area contributed by atoms with Gasteiger partial charge in [-0.2, -0.15) is 0 Å². The lowest BCUT2D eigenvalue weighted by Crippen LogP contribution is -2.39. The molecule has 0 aliphatic rings. The lowest BCUT2D eigenvalue weighted by molar-refractivity contribution is -0.118. The number of hydrogen-bond acceptors (Lipinski definition) is 6. The van der Waals surface area contributed by atoms with Gasteiger partial charge in [0.1, 0.15) is 0 Å². The van der Waals surface area contributed by atoms with Crippen LogP contribution in [0.15, 0.2) is 34.7 Å². The first-order chi connectivity index (χ1) is 10.1. The van der Waals surface area contributed by atoms with E-state index in [2.05, 4.69) is 27.6 Å². The fraction of sp³-hybridized carbons (Fsp3) is 0.357. The summed E-state index contributed by atoms with van der Waals surface area (Å²) in [6.45, 7) is 3.82. The first-order valence-electron chi connectivity index (χ1n) is 6.63. The molecule has 22 heavy (non-hydrogen) atoms. The number of amides is 1. The van der Waals surface area contributed by atoms with Crippen LogP contribution in [-0.4, -0.2) is 22.1 Å². The highest BCUT2D eigenvalue weighted by Crippen LogP contribution is 2.28. The van der Waals surface area contributed by atoms with E-state index in [0.717, 1.165) is 10.1 Å². The van der Waals surface area contributed by atoms with Crippen molar-refractivity contribution in [1.29, 1.82) is 0 Å². The fourth-order valence-corrected chi connectivity index (χ4v) is 3.24. The molecule has 3 N–H and O–H groups in total. The molecule has 1 aromatic carbocycles. The standard InChI is InChI=1S/C14H18N4OS2.ClH/c1-9(2)11(15)12(19)16-13-17-18-14(21-13)20-8-10-6-4-3-5-7-10;/h3-7,9,11H,8,15H2,1-2H3,(H,16,17,19);1H. The van der Waals surface area contributed by atoms with Crippen molar-refractivity contribution < 1.29 is 4.79 Å². The normalized spacial score (nSPS) is 11.8. The van der Waals surface area contributed by atoms with Gasteiger partial charge in [-0.3, -0.25) is 10.1 Å². The van der Waals surface area contributed by atoms with Gasteiger partial charge in [-0.05, 0) is 11.5 Å². The van der Waals surface area contributed by atoms with Crippen molar-refractivity contribution in [2.45, 2.75) is 30.0 Å². The smallest absolute Gasteiger partial charge is 0.243 e. The van der Waals surface area contributed by atoms with E-state index in [4.69, 9.17) is 5.73 Å². The Morgan fingerprint density at radius 1 is 1.32 bits per heavy atom. The molecular weight excluding hydrogens is 340 g/mol. The molecule has 0 spiro atoms. The Hall–Kier alpha value is -1.15. The highest BCUT2D eigenvalue weighted by Gasteiger charge is 2.18. The fourth-order valence-electron chi connectivity index (χ4n) is 1.53. The molecule has 1 unspecified atom stereocenters. The zero-order valence-electron chi connectivity index (χ0n) is 12.4. The van der Waals surface area contributed by atoms with E-state index in [1.165, 1.54) is 16.9 Å². The largest absolute Gasteiger partial charge is 0.320 e. The van der Waals surface area contributed by atoms with Gasteiger partial charge >= 0.3 is 0 Å². The Kier molecular flexibility index (Phi) is 7.81. The number of nitrogens with one attached hydrogen (secondary N) is 1. The second-order valence-electron chi connectivity index (χ2n) is 4.91. The van der Waals surface area contributed by atoms with Crippen LogP contribution in [0.25, 0.3) is 0 Å². The van der Waals surface area contributed by atoms with E-state index in [0.29, 0.717) is 5.13 Å². The predicted octanol–water partition coefficient (Wildman–Crippen LogP) is 3.17. The van der Waals surface area contributed by atoms with Crippen LogP contribution in [0.1, 0.15) is 19.4 Å². The van der Waals surface area contributed by atoms with Crippen molar-refractivity contribution in [3.05, 3.63) is 35.9 Å². The minimum Gasteiger partial charge on any atom is -0.320 e. The summed E-state index contributed by atoms with van der Waals surface area (Å²) < 4.78 is 0.826. The van der Waals surface area contributed by atoms with Gasteiger partial charge in [-0.25, -0.2) is 0 Å². The number of anilines is 1. The summed E-state index contributed by atoms with van der Waals surface area (Å²) in [6.07, 6.45) is 0. The average molecular weight is 359 g/mol. The van der Waals surface area contributed by atoms with Gasteiger partial charge in [0.2, 0.25) is 11.0 Å². The number of nitrogens with zero attached hydrogens (tertiary/aromatic N) is 2. The molecule has 8 heteroatoms. The van der Waals surface area contributed by atoms with Crippen molar-refractivity contribution in [3.63, 3.8) is 0 Å². The molecule has 1 amide bonds. The predicted molar refractivity (Wildman–Crippen MR) is 94.6 cm³/mol. The highest BCUT2D eigenvalue weighted by molar-refractivity contribution is 8.00. The molecule has 1 atom stereocenters. The van der Waals surface area contributed by atoms with Gasteiger partial charge in [0, 0.05) is 5.75 Å². The number of halogens is 1. The quantitative estimate of drug-likeness (QED) is 0.612. The van der Waals surface area contributed by atoms with E-state index < -0.39 is 6.04 Å². The van der Waals surface area contributed by atoms with Crippen molar-refractivity contribution in [2.75, 3.05) is 5.32 Å². The van der Waals surface area contributed by atoms with Crippen LogP contribution in [0.5, 0.6) is 0 Å². The number of rotatable bonds is 6. The van der Waals surface area contributed by atoms with Crippen LogP contribution in [0.4, 0.5) is 5.13 Å². The van der Waals surface area contributed by atoms with Crippen LogP contribution in [0.3, 0.4) is 0 Å². The number of carbonyl (C=O) groups is 1. The zero-order valence-corrected chi connectivity index (χ0v) is 14.8. The SMILES string of the molecule is CC(C)C(N)C(=O)Nc1nnc(SCc2ccccc2)s1.Cl. The summed E-state index contributed by atoms with van der Waals surface area (Å²) in [5, 5.41) is 11.2. The Morgan fingerprint density at radius 2 is 2.00 bits per heavy atom. The highest BCUT2D eigenvalue weighted by atomic mass is 35.5. The number of thioether (sulfide) groups is 1. The van der Waals surface area contributed by atoms with Crippen LogP contribution in [0.2, 0.25) is 0 Å². The van der Waals surface area contributed by atoms with E-state index in [1.54, 1.807) is 11.8 Å². The van der Waals surface area contributed by atoms with Gasteiger partial charge in [0.25, 0.3) is 0 Å². The summed E-state index contributed by atoms with van der Waals surface area (Å²) >= 11 is 2.96. The Labute approximate surface area is 144 Å². The summed E-state index contributed by atoms with van der Waals surface area (Å²) in [4.78, 5) is 11.8. The second-order valence-corrected chi connectivity index (χ2v) is 7.11. The van der Waals surface area contributed by atoms with E-state index in [-0.39, 0.29) is 24.2 Å². The molecule has 0 aliphatic heterocycles. The van der Waals surface area contributed by atoms with Gasteiger partial charge < -0.3 is 5.73 Å². The summed E-state index contributed by atoms with van der Waals surface area (Å²) in [5.74, 6) is 0.695. The van der Waals surface area contributed by atoms with E-state index in [1.807, 2.05) is 32.0 Å². The maximum Gasteiger partial charge on any atom is 0.243 e. The van der Waals surface area contributed by atoms with Crippen molar-refractivity contribution in [1.82, 2.24) is 10.2 Å². The third-order valence-electron chi connectivity index (χ3n) is 2.86. The second kappa shape index (κ2) is 9.09. The third-order valence-corrected chi connectivity index (χ3v) is 4.91. The lowest BCUT2D eigenvalue weighted by Gasteiger charge is -2.13. The maximum absolute atomic E-state index is 11.8. The number of aromatic nitrogens is 2. The van der Waals surface area contributed by atoms with Gasteiger partial charge in [0.05, 0.1) is 6.04 Å². The molecule has 0 bridgehead atoms. The lowest BCUT2D eigenvalue weighted by atomic mass is 10.1. The van der Waals surface area contributed by atoms with E-state index in [9.17, 15) is 4.79 Å². The molecule has 2 rings (SSSR count). The molecule has 0 radical (unpaired) electrons. The zero-order chi connectivity index (χ0) is 15.2. The number of nitrogens with two attached hydrogens (primary N) is 1. The Morgan fingerprint density at radius 3 is 2.64 bits per heavy atom. The summed E-state index contributed by atoms with van der Waals surface area (Å²) in [7, 11) is 0. The molecule has 1 heterocycles. The average Bonchev–Trinajstić information content (AvgIpc) is 2.92.